The van der Waals surface area contributed by atoms with Gasteiger partial charge in [0.1, 0.15) is 0 Å². The van der Waals surface area contributed by atoms with Crippen LogP contribution in [0.1, 0.15) is 44.6 Å². The van der Waals surface area contributed by atoms with Crippen LogP contribution >= 0.6 is 0 Å². The Morgan fingerprint density at radius 2 is 2.11 bits per heavy atom. The predicted molar refractivity (Wildman–Crippen MR) is 79.3 cm³/mol. The summed E-state index contributed by atoms with van der Waals surface area (Å²) in [6.07, 6.45) is 6.82. The van der Waals surface area contributed by atoms with Gasteiger partial charge in [-0.1, -0.05) is 31.9 Å². The average Bonchev–Trinajstić information content (AvgIpc) is 2.47. The van der Waals surface area contributed by atoms with Gasteiger partial charge in [-0.2, -0.15) is 0 Å². The summed E-state index contributed by atoms with van der Waals surface area (Å²) in [7, 11) is 0. The third kappa shape index (κ3) is 4.35. The Kier molecular flexibility index (Phi) is 5.40. The summed E-state index contributed by atoms with van der Waals surface area (Å²) >= 11 is 0. The molecule has 0 bridgehead atoms. The van der Waals surface area contributed by atoms with Gasteiger partial charge in [-0.25, -0.2) is 0 Å². The highest BCUT2D eigenvalue weighted by atomic mass is 16.2. The van der Waals surface area contributed by atoms with E-state index in [2.05, 4.69) is 29.7 Å². The number of hydrogen-bond acceptors (Lipinski definition) is 2. The van der Waals surface area contributed by atoms with Gasteiger partial charge >= 0.3 is 0 Å². The van der Waals surface area contributed by atoms with Crippen LogP contribution in [0.2, 0.25) is 0 Å². The van der Waals surface area contributed by atoms with E-state index < -0.39 is 0 Å². The van der Waals surface area contributed by atoms with Crippen LogP contribution in [0.15, 0.2) is 24.3 Å². The van der Waals surface area contributed by atoms with Crippen LogP contribution in [0.4, 0.5) is 5.69 Å². The molecule has 3 nitrogen and oxygen atoms in total. The molecule has 0 aromatic heterocycles. The van der Waals surface area contributed by atoms with Gasteiger partial charge in [0, 0.05) is 5.69 Å². The number of anilines is 1. The first-order chi connectivity index (χ1) is 9.29. The van der Waals surface area contributed by atoms with Crippen molar-refractivity contribution in [2.24, 2.45) is 0 Å². The molecular weight excluding hydrogens is 236 g/mol. The van der Waals surface area contributed by atoms with Gasteiger partial charge in [0.2, 0.25) is 5.91 Å². The third-order valence-electron chi connectivity index (χ3n) is 3.67. The van der Waals surface area contributed by atoms with Crippen molar-refractivity contribution in [3.63, 3.8) is 0 Å². The van der Waals surface area contributed by atoms with Crippen LogP contribution in [-0.4, -0.2) is 18.5 Å². The molecule has 1 aromatic carbocycles. The quantitative estimate of drug-likeness (QED) is 0.854. The van der Waals surface area contributed by atoms with Gasteiger partial charge in [0.25, 0.3) is 0 Å². The van der Waals surface area contributed by atoms with Crippen molar-refractivity contribution in [3.05, 3.63) is 29.8 Å². The van der Waals surface area contributed by atoms with Crippen molar-refractivity contribution in [2.75, 3.05) is 11.9 Å². The molecule has 0 aliphatic carbocycles. The fraction of sp³-hybridized carbons (Fsp3) is 0.562. The first kappa shape index (κ1) is 14.1. The van der Waals surface area contributed by atoms with E-state index in [0.717, 1.165) is 31.5 Å². The number of hydrogen-bond donors (Lipinski definition) is 2. The molecule has 1 heterocycles. The van der Waals surface area contributed by atoms with Gasteiger partial charge in [-0.05, 0) is 49.9 Å². The highest BCUT2D eigenvalue weighted by Gasteiger charge is 2.20. The van der Waals surface area contributed by atoms with Crippen molar-refractivity contribution >= 4 is 11.6 Å². The number of amides is 1. The Morgan fingerprint density at radius 3 is 2.74 bits per heavy atom. The summed E-state index contributed by atoms with van der Waals surface area (Å²) in [5.41, 5.74) is 2.24. The van der Waals surface area contributed by atoms with E-state index in [0.29, 0.717) is 0 Å². The maximum atomic E-state index is 12.1. The van der Waals surface area contributed by atoms with Crippen molar-refractivity contribution in [3.8, 4) is 0 Å². The molecule has 1 amide bonds. The van der Waals surface area contributed by atoms with E-state index in [4.69, 9.17) is 0 Å². The zero-order valence-corrected chi connectivity index (χ0v) is 11.7. The molecule has 0 spiro atoms. The smallest absolute Gasteiger partial charge is 0.241 e. The molecule has 2 rings (SSSR count). The summed E-state index contributed by atoms with van der Waals surface area (Å²) < 4.78 is 0. The fourth-order valence-corrected chi connectivity index (χ4v) is 2.44. The lowest BCUT2D eigenvalue weighted by molar-refractivity contribution is -0.118. The molecule has 104 valence electrons. The van der Waals surface area contributed by atoms with Crippen LogP contribution < -0.4 is 10.6 Å². The Balaban J connectivity index is 1.86. The number of piperidine rings is 1. The highest BCUT2D eigenvalue weighted by molar-refractivity contribution is 5.94. The normalized spacial score (nSPS) is 19.1. The van der Waals surface area contributed by atoms with Gasteiger partial charge < -0.3 is 10.6 Å². The number of unbranched alkanes of at least 4 members (excludes halogenated alkanes) is 1. The van der Waals surface area contributed by atoms with E-state index in [1.165, 1.54) is 24.8 Å². The molecule has 1 aromatic rings. The predicted octanol–water partition coefficient (Wildman–Crippen LogP) is 3.11. The van der Waals surface area contributed by atoms with Gasteiger partial charge in [0.15, 0.2) is 0 Å². The Hall–Kier alpha value is -1.35. The molecule has 3 heteroatoms. The molecule has 1 aliphatic heterocycles. The van der Waals surface area contributed by atoms with E-state index in [1.807, 2.05) is 12.1 Å². The standard InChI is InChI=1S/C16H24N2O/c1-2-3-6-13-8-10-14(11-9-13)18-16(19)15-7-4-5-12-17-15/h8-11,15,17H,2-7,12H2,1H3,(H,18,19)/t15-/m0/s1. The Labute approximate surface area is 115 Å². The summed E-state index contributed by atoms with van der Waals surface area (Å²) in [5, 5.41) is 6.26. The lowest BCUT2D eigenvalue weighted by Gasteiger charge is -2.22. The molecule has 1 fully saturated rings. The van der Waals surface area contributed by atoms with Crippen LogP contribution in [0, 0.1) is 0 Å². The second kappa shape index (κ2) is 7.29. The monoisotopic (exact) mass is 260 g/mol. The molecule has 0 saturated carbocycles. The maximum Gasteiger partial charge on any atom is 0.241 e. The molecule has 1 aliphatic rings. The van der Waals surface area contributed by atoms with E-state index in [9.17, 15) is 4.79 Å². The molecule has 2 N–H and O–H groups in total. The average molecular weight is 260 g/mol. The summed E-state index contributed by atoms with van der Waals surface area (Å²) in [4.78, 5) is 12.1. The fourth-order valence-electron chi connectivity index (χ4n) is 2.44. The lowest BCUT2D eigenvalue weighted by Crippen LogP contribution is -2.43. The van der Waals surface area contributed by atoms with Gasteiger partial charge in [-0.3, -0.25) is 4.79 Å². The molecule has 0 radical (unpaired) electrons. The first-order valence-corrected chi connectivity index (χ1v) is 7.43. The zero-order valence-electron chi connectivity index (χ0n) is 11.7. The zero-order chi connectivity index (χ0) is 13.5. The van der Waals surface area contributed by atoms with E-state index in [-0.39, 0.29) is 11.9 Å². The minimum atomic E-state index is -0.0199. The molecule has 0 unspecified atom stereocenters. The third-order valence-corrected chi connectivity index (χ3v) is 3.67. The van der Waals surface area contributed by atoms with E-state index in [1.54, 1.807) is 0 Å². The first-order valence-electron chi connectivity index (χ1n) is 7.43. The molecule has 1 saturated heterocycles. The second-order valence-electron chi connectivity index (χ2n) is 5.29. The lowest BCUT2D eigenvalue weighted by atomic mass is 10.0. The van der Waals surface area contributed by atoms with Crippen molar-refractivity contribution in [2.45, 2.75) is 51.5 Å². The molecule has 1 atom stereocenters. The molecular formula is C16H24N2O. The van der Waals surface area contributed by atoms with E-state index >= 15 is 0 Å². The summed E-state index contributed by atoms with van der Waals surface area (Å²) in [5.74, 6) is 0.0982. The van der Waals surface area contributed by atoms with Crippen molar-refractivity contribution in [1.29, 1.82) is 0 Å². The SMILES string of the molecule is CCCCc1ccc(NC(=O)[C@@H]2CCCCN2)cc1. The largest absolute Gasteiger partial charge is 0.325 e. The molecule has 19 heavy (non-hydrogen) atoms. The Bertz CT molecular complexity index is 394. The van der Waals surface area contributed by atoms with Crippen LogP contribution in [0.5, 0.6) is 0 Å². The van der Waals surface area contributed by atoms with Gasteiger partial charge in [0.05, 0.1) is 6.04 Å². The minimum Gasteiger partial charge on any atom is -0.325 e. The Morgan fingerprint density at radius 1 is 1.32 bits per heavy atom. The number of rotatable bonds is 5. The van der Waals surface area contributed by atoms with Crippen molar-refractivity contribution in [1.82, 2.24) is 5.32 Å². The maximum absolute atomic E-state index is 12.1. The van der Waals surface area contributed by atoms with Crippen LogP contribution in [0.3, 0.4) is 0 Å². The second-order valence-corrected chi connectivity index (χ2v) is 5.29. The number of aryl methyl sites for hydroxylation is 1. The van der Waals surface area contributed by atoms with Gasteiger partial charge in [-0.15, -0.1) is 0 Å². The number of benzene rings is 1. The topological polar surface area (TPSA) is 41.1 Å². The van der Waals surface area contributed by atoms with Crippen LogP contribution in [0.25, 0.3) is 0 Å². The number of carbonyl (C=O) groups is 1. The van der Waals surface area contributed by atoms with Crippen molar-refractivity contribution < 1.29 is 4.79 Å². The summed E-state index contributed by atoms with van der Waals surface area (Å²) in [6, 6.07) is 8.21. The number of carbonyl (C=O) groups excluding carboxylic acids is 1. The summed E-state index contributed by atoms with van der Waals surface area (Å²) in [6.45, 7) is 3.15. The number of nitrogens with one attached hydrogen (secondary N) is 2. The highest BCUT2D eigenvalue weighted by Crippen LogP contribution is 2.14. The van der Waals surface area contributed by atoms with Crippen LogP contribution in [-0.2, 0) is 11.2 Å². The minimum absolute atomic E-state index is 0.0199.